The van der Waals surface area contributed by atoms with Crippen LogP contribution in [-0.4, -0.2) is 36.4 Å². The number of azide groups is 1. The molecular formula is C11H18N4O4. The lowest BCUT2D eigenvalue weighted by Gasteiger charge is -2.29. The first-order valence-corrected chi connectivity index (χ1v) is 6.00. The molecule has 0 spiro atoms. The fourth-order valence-electron chi connectivity index (χ4n) is 1.73. The van der Waals surface area contributed by atoms with E-state index in [1.165, 1.54) is 0 Å². The second-order valence-electron chi connectivity index (χ2n) is 5.31. The molecule has 1 rings (SSSR count). The molecule has 1 aliphatic rings. The predicted octanol–water partition coefficient (Wildman–Crippen LogP) is 1.90. The third-order valence-corrected chi connectivity index (χ3v) is 2.32. The number of nitrogens with one attached hydrogen (secondary N) is 1. The maximum absolute atomic E-state index is 11.7. The summed E-state index contributed by atoms with van der Waals surface area (Å²) in [5.41, 5.74) is 7.67. The van der Waals surface area contributed by atoms with E-state index in [1.807, 2.05) is 0 Å². The molecular weight excluding hydrogens is 252 g/mol. The Morgan fingerprint density at radius 2 is 2.32 bits per heavy atom. The monoisotopic (exact) mass is 270 g/mol. The van der Waals surface area contributed by atoms with Gasteiger partial charge in [-0.25, -0.2) is 4.79 Å². The molecule has 0 aromatic carbocycles. The van der Waals surface area contributed by atoms with Crippen LogP contribution in [0.5, 0.6) is 0 Å². The maximum atomic E-state index is 11.7. The number of hydrogen-bond acceptors (Lipinski definition) is 5. The minimum absolute atomic E-state index is 0.0642. The van der Waals surface area contributed by atoms with Gasteiger partial charge in [-0.3, -0.25) is 4.79 Å². The van der Waals surface area contributed by atoms with Gasteiger partial charge in [-0.2, -0.15) is 0 Å². The Morgan fingerprint density at radius 3 is 2.89 bits per heavy atom. The molecule has 1 N–H and O–H groups in total. The molecule has 0 aromatic rings. The van der Waals surface area contributed by atoms with E-state index in [1.54, 1.807) is 20.8 Å². The lowest BCUT2D eigenvalue weighted by Crippen LogP contribution is -2.47. The van der Waals surface area contributed by atoms with Crippen molar-refractivity contribution in [3.63, 3.8) is 0 Å². The maximum Gasteiger partial charge on any atom is 0.407 e. The molecule has 0 aliphatic carbocycles. The summed E-state index contributed by atoms with van der Waals surface area (Å²) in [4.78, 5) is 25.6. The summed E-state index contributed by atoms with van der Waals surface area (Å²) in [6, 6.07) is -0.366. The van der Waals surface area contributed by atoms with Gasteiger partial charge in [0.25, 0.3) is 0 Å². The molecule has 0 aromatic heterocycles. The van der Waals surface area contributed by atoms with Crippen LogP contribution < -0.4 is 5.32 Å². The van der Waals surface area contributed by atoms with Crippen molar-refractivity contribution in [2.75, 3.05) is 6.54 Å². The number of alkyl carbamates (subject to hydrolysis) is 1. The number of carbonyl (C=O) groups is 2. The van der Waals surface area contributed by atoms with Crippen LogP contribution in [0.2, 0.25) is 0 Å². The van der Waals surface area contributed by atoms with Crippen molar-refractivity contribution in [3.8, 4) is 0 Å². The highest BCUT2D eigenvalue weighted by atomic mass is 16.6. The van der Waals surface area contributed by atoms with Crippen molar-refractivity contribution in [2.45, 2.75) is 51.4 Å². The zero-order valence-electron chi connectivity index (χ0n) is 11.3. The van der Waals surface area contributed by atoms with Crippen LogP contribution in [0.25, 0.3) is 10.4 Å². The van der Waals surface area contributed by atoms with Gasteiger partial charge >= 0.3 is 12.1 Å². The van der Waals surface area contributed by atoms with Crippen LogP contribution in [0, 0.1) is 0 Å². The Hall–Kier alpha value is -1.95. The molecule has 1 heterocycles. The molecule has 0 radical (unpaired) electrons. The number of nitrogens with zero attached hydrogens (tertiary/aromatic N) is 3. The highest BCUT2D eigenvalue weighted by Crippen LogP contribution is 2.16. The summed E-state index contributed by atoms with van der Waals surface area (Å²) in [5, 5.41) is 5.90. The first kappa shape index (κ1) is 15.1. The summed E-state index contributed by atoms with van der Waals surface area (Å²) >= 11 is 0. The van der Waals surface area contributed by atoms with Crippen molar-refractivity contribution in [1.82, 2.24) is 5.32 Å². The van der Waals surface area contributed by atoms with Gasteiger partial charge in [0.2, 0.25) is 0 Å². The van der Waals surface area contributed by atoms with Crippen LogP contribution in [0.4, 0.5) is 4.79 Å². The van der Waals surface area contributed by atoms with Gasteiger partial charge in [-0.15, -0.1) is 0 Å². The van der Waals surface area contributed by atoms with Gasteiger partial charge in [0.1, 0.15) is 11.7 Å². The number of esters is 1. The van der Waals surface area contributed by atoms with Crippen molar-refractivity contribution >= 4 is 12.1 Å². The molecule has 1 saturated heterocycles. The normalized spacial score (nSPS) is 22.8. The number of amides is 1. The topological polar surface area (TPSA) is 113 Å². The number of carbonyl (C=O) groups excluding carboxylic acids is 2. The fourth-order valence-corrected chi connectivity index (χ4v) is 1.73. The van der Waals surface area contributed by atoms with E-state index in [-0.39, 0.29) is 25.0 Å². The van der Waals surface area contributed by atoms with E-state index >= 15 is 0 Å². The summed E-state index contributed by atoms with van der Waals surface area (Å²) in [5.74, 6) is -0.387. The number of rotatable bonds is 4. The Bertz CT molecular complexity index is 396. The number of hydrogen-bond donors (Lipinski definition) is 1. The lowest BCUT2D eigenvalue weighted by molar-refractivity contribution is -0.155. The lowest BCUT2D eigenvalue weighted by atomic mass is 10.0. The van der Waals surface area contributed by atoms with Crippen LogP contribution in [0.15, 0.2) is 5.11 Å². The number of cyclic esters (lactones) is 1. The average Bonchev–Trinajstić information content (AvgIpc) is 2.22. The largest absolute Gasteiger partial charge is 0.460 e. The van der Waals surface area contributed by atoms with Crippen LogP contribution in [0.3, 0.4) is 0 Å². The summed E-state index contributed by atoms with van der Waals surface area (Å²) < 4.78 is 10.1. The van der Waals surface area contributed by atoms with Crippen LogP contribution >= 0.6 is 0 Å². The predicted molar refractivity (Wildman–Crippen MR) is 66.3 cm³/mol. The Labute approximate surface area is 111 Å². The molecule has 1 aliphatic heterocycles. The summed E-state index contributed by atoms with van der Waals surface area (Å²) in [6.07, 6.45) is -0.640. The molecule has 106 valence electrons. The molecule has 1 amide bonds. The second kappa shape index (κ2) is 6.29. The van der Waals surface area contributed by atoms with Gasteiger partial charge < -0.3 is 14.8 Å². The summed E-state index contributed by atoms with van der Waals surface area (Å²) in [7, 11) is 0. The summed E-state index contributed by atoms with van der Waals surface area (Å²) in [6.45, 7) is 5.39. The van der Waals surface area contributed by atoms with E-state index in [9.17, 15) is 9.59 Å². The molecule has 2 atom stereocenters. The third kappa shape index (κ3) is 5.96. The van der Waals surface area contributed by atoms with Gasteiger partial charge in [0.05, 0.1) is 13.0 Å². The Balaban J connectivity index is 2.50. The van der Waals surface area contributed by atoms with Crippen LogP contribution in [0.1, 0.15) is 33.6 Å². The average molecular weight is 270 g/mol. The molecule has 8 heteroatoms. The highest BCUT2D eigenvalue weighted by molar-refractivity contribution is 5.73. The van der Waals surface area contributed by atoms with Crippen molar-refractivity contribution < 1.29 is 19.1 Å². The Kier molecular flexibility index (Phi) is 5.00. The first-order valence-electron chi connectivity index (χ1n) is 6.00. The highest BCUT2D eigenvalue weighted by Gasteiger charge is 2.30. The minimum Gasteiger partial charge on any atom is -0.460 e. The standard InChI is InChI=1S/C11H18N4O4/c1-11(2,3)19-9(16)5-7-4-8(6-13-15-12)18-10(17)14-7/h7-8H,4-6H2,1-3H3,(H,14,17)/t7-,8-/m1/s1. The Morgan fingerprint density at radius 1 is 1.63 bits per heavy atom. The smallest absolute Gasteiger partial charge is 0.407 e. The van der Waals surface area contributed by atoms with Crippen molar-refractivity contribution in [3.05, 3.63) is 10.4 Å². The van der Waals surface area contributed by atoms with Crippen molar-refractivity contribution in [2.24, 2.45) is 5.11 Å². The molecule has 8 nitrogen and oxygen atoms in total. The van der Waals surface area contributed by atoms with E-state index in [0.717, 1.165) is 0 Å². The van der Waals surface area contributed by atoms with E-state index in [0.29, 0.717) is 6.42 Å². The first-order chi connectivity index (χ1) is 8.80. The van der Waals surface area contributed by atoms with Gasteiger partial charge in [-0.05, 0) is 26.3 Å². The molecule has 0 saturated carbocycles. The SMILES string of the molecule is CC(C)(C)OC(=O)C[C@H]1C[C@H](CN=[N+]=[N-])OC(=O)N1. The van der Waals surface area contributed by atoms with E-state index < -0.39 is 17.8 Å². The van der Waals surface area contributed by atoms with Crippen LogP contribution in [-0.2, 0) is 14.3 Å². The third-order valence-electron chi connectivity index (χ3n) is 2.32. The quantitative estimate of drug-likeness (QED) is 0.363. The molecule has 0 unspecified atom stereocenters. The molecule has 19 heavy (non-hydrogen) atoms. The van der Waals surface area contributed by atoms with Gasteiger partial charge in [0.15, 0.2) is 0 Å². The van der Waals surface area contributed by atoms with E-state index in [2.05, 4.69) is 15.3 Å². The van der Waals surface area contributed by atoms with E-state index in [4.69, 9.17) is 15.0 Å². The molecule has 0 bridgehead atoms. The minimum atomic E-state index is -0.613. The zero-order chi connectivity index (χ0) is 14.5. The number of ether oxygens (including phenoxy) is 2. The van der Waals surface area contributed by atoms with Gasteiger partial charge in [-0.1, -0.05) is 5.11 Å². The van der Waals surface area contributed by atoms with Crippen molar-refractivity contribution in [1.29, 1.82) is 0 Å². The fraction of sp³-hybridized carbons (Fsp3) is 0.818. The zero-order valence-corrected chi connectivity index (χ0v) is 11.3. The van der Waals surface area contributed by atoms with Gasteiger partial charge in [0, 0.05) is 17.4 Å². The molecule has 1 fully saturated rings. The second-order valence-corrected chi connectivity index (χ2v) is 5.31.